The summed E-state index contributed by atoms with van der Waals surface area (Å²) >= 11 is 0. The number of alkyl halides is 3. The number of carbonyl (C=O) groups is 1. The minimum Gasteiger partial charge on any atom is -0.428 e. The van der Waals surface area contributed by atoms with Crippen LogP contribution in [0.2, 0.25) is 0 Å². The largest absolute Gasteiger partial charge is 0.491 e. The highest BCUT2D eigenvalue weighted by molar-refractivity contribution is 7.90. The molecule has 7 nitrogen and oxygen atoms in total. The van der Waals surface area contributed by atoms with E-state index >= 15 is 0 Å². The normalized spacial score (nSPS) is 18.5. The van der Waals surface area contributed by atoms with E-state index in [-0.39, 0.29) is 11.4 Å². The maximum absolute atomic E-state index is 13.1. The third kappa shape index (κ3) is 4.61. The summed E-state index contributed by atoms with van der Waals surface area (Å²) in [6.45, 7) is 0.711. The van der Waals surface area contributed by atoms with Crippen LogP contribution in [0.15, 0.2) is 65.7 Å². The molecule has 0 bridgehead atoms. The molecule has 2 atom stereocenters. The lowest BCUT2D eigenvalue weighted by Crippen LogP contribution is -2.43. The molecule has 4 rings (SSSR count). The van der Waals surface area contributed by atoms with Crippen LogP contribution in [0.3, 0.4) is 0 Å². The highest BCUT2D eigenvalue weighted by Gasteiger charge is 2.44. The topological polar surface area (TPSA) is 88.8 Å². The van der Waals surface area contributed by atoms with Crippen molar-refractivity contribution in [2.45, 2.75) is 42.8 Å². The zero-order valence-corrected chi connectivity index (χ0v) is 18.1. The summed E-state index contributed by atoms with van der Waals surface area (Å²) in [5, 5.41) is 10.8. The van der Waals surface area contributed by atoms with Crippen LogP contribution >= 0.6 is 0 Å². The maximum atomic E-state index is 13.1. The first kappa shape index (κ1) is 23.3. The van der Waals surface area contributed by atoms with Crippen LogP contribution in [-0.4, -0.2) is 53.4 Å². The van der Waals surface area contributed by atoms with E-state index in [0.29, 0.717) is 30.3 Å². The zero-order valence-electron chi connectivity index (χ0n) is 17.3. The average molecular weight is 482 g/mol. The average Bonchev–Trinajstić information content (AvgIpc) is 3.41. The van der Waals surface area contributed by atoms with Crippen molar-refractivity contribution < 1.29 is 36.2 Å². The predicted molar refractivity (Wildman–Crippen MR) is 113 cm³/mol. The molecule has 0 amide bonds. The number of likely N-dealkylation sites (tertiary alicyclic amines) is 1. The van der Waals surface area contributed by atoms with Crippen LogP contribution in [0.5, 0.6) is 0 Å². The van der Waals surface area contributed by atoms with Gasteiger partial charge in [0, 0.05) is 18.1 Å². The summed E-state index contributed by atoms with van der Waals surface area (Å²) in [7, 11) is -3.82. The van der Waals surface area contributed by atoms with Crippen LogP contribution < -0.4 is 0 Å². The molecule has 1 aromatic heterocycles. The third-order valence-corrected chi connectivity index (χ3v) is 7.37. The van der Waals surface area contributed by atoms with Gasteiger partial charge in [0.15, 0.2) is 0 Å². The Morgan fingerprint density at radius 1 is 1.12 bits per heavy atom. The van der Waals surface area contributed by atoms with Gasteiger partial charge in [0.05, 0.1) is 16.5 Å². The van der Waals surface area contributed by atoms with E-state index in [0.717, 1.165) is 5.56 Å². The molecule has 1 fully saturated rings. The van der Waals surface area contributed by atoms with E-state index in [4.69, 9.17) is 0 Å². The van der Waals surface area contributed by atoms with E-state index in [2.05, 4.69) is 4.74 Å². The molecule has 33 heavy (non-hydrogen) atoms. The van der Waals surface area contributed by atoms with Gasteiger partial charge >= 0.3 is 12.1 Å². The Labute approximate surface area is 188 Å². The first-order valence-electron chi connectivity index (χ1n) is 10.2. The highest BCUT2D eigenvalue weighted by atomic mass is 32.2. The van der Waals surface area contributed by atoms with Crippen LogP contribution in [0.1, 0.15) is 18.4 Å². The minimum atomic E-state index is -5.19. The van der Waals surface area contributed by atoms with Crippen molar-refractivity contribution in [3.05, 3.63) is 66.4 Å². The first-order valence-corrected chi connectivity index (χ1v) is 11.6. The molecular formula is C22H21F3N2O5S. The molecule has 0 radical (unpaired) electrons. The first-order chi connectivity index (χ1) is 15.6. The van der Waals surface area contributed by atoms with Gasteiger partial charge in [0.2, 0.25) is 6.29 Å². The number of aliphatic hydroxyl groups excluding tert-OH is 1. The van der Waals surface area contributed by atoms with Crippen molar-refractivity contribution >= 4 is 26.9 Å². The zero-order chi connectivity index (χ0) is 23.8. The number of benzene rings is 2. The van der Waals surface area contributed by atoms with Crippen molar-refractivity contribution in [2.75, 3.05) is 6.54 Å². The summed E-state index contributed by atoms with van der Waals surface area (Å²) in [6.07, 6.45) is -4.71. The summed E-state index contributed by atoms with van der Waals surface area (Å²) in [4.78, 5) is 13.0. The Balaban J connectivity index is 1.59. The third-order valence-electron chi connectivity index (χ3n) is 5.66. The van der Waals surface area contributed by atoms with Crippen molar-refractivity contribution in [1.29, 1.82) is 0 Å². The SMILES string of the molecule is O=C(OC(O)[C@H]1CCCN1Cc1cccc2c1ccn2S(=O)(=O)c1ccccc1)C(F)(F)F. The van der Waals surface area contributed by atoms with Crippen molar-refractivity contribution in [2.24, 2.45) is 0 Å². The second kappa shape index (κ2) is 8.81. The molecule has 1 saturated heterocycles. The fraction of sp³-hybridized carbons (Fsp3) is 0.318. The summed E-state index contributed by atoms with van der Waals surface area (Å²) in [5.74, 6) is -2.44. The Morgan fingerprint density at radius 2 is 1.85 bits per heavy atom. The molecule has 0 aliphatic carbocycles. The Kier molecular flexibility index (Phi) is 6.21. The number of carbonyl (C=O) groups excluding carboxylic acids is 1. The molecule has 11 heteroatoms. The molecule has 3 aromatic rings. The van der Waals surface area contributed by atoms with Gasteiger partial charge in [-0.2, -0.15) is 13.2 Å². The number of rotatable bonds is 6. The van der Waals surface area contributed by atoms with Gasteiger partial charge in [-0.05, 0) is 49.2 Å². The summed E-state index contributed by atoms with van der Waals surface area (Å²) < 4.78 is 69.0. The number of aromatic nitrogens is 1. The number of fused-ring (bicyclic) bond motifs is 1. The Hall–Kier alpha value is -2.89. The van der Waals surface area contributed by atoms with Crippen LogP contribution in [0.25, 0.3) is 10.9 Å². The van der Waals surface area contributed by atoms with Crippen molar-refractivity contribution in [3.8, 4) is 0 Å². The van der Waals surface area contributed by atoms with E-state index in [1.54, 1.807) is 47.4 Å². The van der Waals surface area contributed by atoms with E-state index in [9.17, 15) is 31.5 Å². The fourth-order valence-electron chi connectivity index (χ4n) is 4.11. The lowest BCUT2D eigenvalue weighted by molar-refractivity contribution is -0.225. The monoisotopic (exact) mass is 482 g/mol. The molecular weight excluding hydrogens is 461 g/mol. The van der Waals surface area contributed by atoms with Gasteiger partial charge in [-0.1, -0.05) is 30.3 Å². The fourth-order valence-corrected chi connectivity index (χ4v) is 5.47. The highest BCUT2D eigenvalue weighted by Crippen LogP contribution is 2.29. The number of ether oxygens (including phenoxy) is 1. The molecule has 1 aliphatic heterocycles. The van der Waals surface area contributed by atoms with Crippen molar-refractivity contribution in [1.82, 2.24) is 8.87 Å². The second-order valence-electron chi connectivity index (χ2n) is 7.75. The summed E-state index contributed by atoms with van der Waals surface area (Å²) in [5.41, 5.74) is 1.19. The van der Waals surface area contributed by atoms with E-state index in [1.807, 2.05) is 0 Å². The van der Waals surface area contributed by atoms with Crippen LogP contribution in [0.4, 0.5) is 13.2 Å². The van der Waals surface area contributed by atoms with Gasteiger partial charge in [0.1, 0.15) is 0 Å². The predicted octanol–water partition coefficient (Wildman–Crippen LogP) is 3.27. The quantitative estimate of drug-likeness (QED) is 0.429. The van der Waals surface area contributed by atoms with Gasteiger partial charge in [-0.3, -0.25) is 4.90 Å². The van der Waals surface area contributed by atoms with E-state index < -0.39 is 34.5 Å². The number of hydrogen-bond acceptors (Lipinski definition) is 6. The number of esters is 1. The van der Waals surface area contributed by atoms with Gasteiger partial charge in [-0.15, -0.1) is 0 Å². The minimum absolute atomic E-state index is 0.141. The van der Waals surface area contributed by atoms with Crippen LogP contribution in [0, 0.1) is 0 Å². The van der Waals surface area contributed by atoms with Gasteiger partial charge in [-0.25, -0.2) is 17.2 Å². The molecule has 0 spiro atoms. The van der Waals surface area contributed by atoms with Gasteiger partial charge < -0.3 is 9.84 Å². The molecule has 0 saturated carbocycles. The lowest BCUT2D eigenvalue weighted by Gasteiger charge is -2.28. The van der Waals surface area contributed by atoms with Crippen LogP contribution in [-0.2, 0) is 26.1 Å². The molecule has 176 valence electrons. The standard InChI is InChI=1S/C22H21F3N2O5S/c23-22(24,25)21(29)32-20(28)19-10-5-12-26(19)14-15-6-4-9-18-17(15)11-13-27(18)33(30,31)16-7-2-1-3-8-16/h1-4,6-9,11,13,19-20,28H,5,10,12,14H2/t19-,20?/m1/s1. The number of nitrogens with zero attached hydrogens (tertiary/aromatic N) is 2. The molecule has 1 aliphatic rings. The van der Waals surface area contributed by atoms with E-state index in [1.165, 1.54) is 22.3 Å². The molecule has 2 heterocycles. The second-order valence-corrected chi connectivity index (χ2v) is 9.57. The molecule has 1 unspecified atom stereocenters. The maximum Gasteiger partial charge on any atom is 0.491 e. The lowest BCUT2D eigenvalue weighted by atomic mass is 10.1. The Morgan fingerprint density at radius 3 is 2.55 bits per heavy atom. The smallest absolute Gasteiger partial charge is 0.428 e. The number of aliphatic hydroxyl groups is 1. The molecule has 1 N–H and O–H groups in total. The van der Waals surface area contributed by atoms with Gasteiger partial charge in [0.25, 0.3) is 10.0 Å². The summed E-state index contributed by atoms with van der Waals surface area (Å²) in [6, 6.07) is 14.0. The molecule has 2 aromatic carbocycles. The number of halogens is 3. The Bertz CT molecular complexity index is 1260. The number of hydrogen-bond donors (Lipinski definition) is 1. The van der Waals surface area contributed by atoms with Crippen molar-refractivity contribution in [3.63, 3.8) is 0 Å².